The van der Waals surface area contributed by atoms with E-state index in [4.69, 9.17) is 37.0 Å². The number of aliphatic hydroxyl groups excluding tert-OH is 1. The van der Waals surface area contributed by atoms with Crippen LogP contribution < -0.4 is 0 Å². The van der Waals surface area contributed by atoms with Gasteiger partial charge in [-0.2, -0.15) is 0 Å². The lowest BCUT2D eigenvalue weighted by atomic mass is 9.99. The van der Waals surface area contributed by atoms with Gasteiger partial charge in [0, 0.05) is 25.7 Å². The quantitative estimate of drug-likeness (QED) is 0.0222. The first kappa shape index (κ1) is 88.1. The average molecular weight is 1330 g/mol. The van der Waals surface area contributed by atoms with Gasteiger partial charge >= 0.3 is 39.5 Å². The number of rotatable bonds is 70. The van der Waals surface area contributed by atoms with Crippen LogP contribution in [0, 0.1) is 11.8 Å². The van der Waals surface area contributed by atoms with Gasteiger partial charge in [-0.1, -0.05) is 311 Å². The molecule has 3 unspecified atom stereocenters. The molecule has 0 saturated carbocycles. The van der Waals surface area contributed by atoms with Crippen molar-refractivity contribution >= 4 is 39.5 Å². The number of carbonyl (C=O) groups excluding carboxylic acids is 4. The zero-order chi connectivity index (χ0) is 66.5. The van der Waals surface area contributed by atoms with Gasteiger partial charge in [0.15, 0.2) is 12.2 Å². The highest BCUT2D eigenvalue weighted by molar-refractivity contribution is 7.47. The highest BCUT2D eigenvalue weighted by atomic mass is 31.2. The van der Waals surface area contributed by atoms with E-state index < -0.39 is 97.5 Å². The van der Waals surface area contributed by atoms with E-state index in [-0.39, 0.29) is 25.7 Å². The summed E-state index contributed by atoms with van der Waals surface area (Å²) in [7, 11) is -9.89. The van der Waals surface area contributed by atoms with Gasteiger partial charge < -0.3 is 33.8 Å². The number of esters is 4. The van der Waals surface area contributed by atoms with Gasteiger partial charge in [0.2, 0.25) is 0 Å². The second-order valence-electron chi connectivity index (χ2n) is 26.3. The van der Waals surface area contributed by atoms with Crippen LogP contribution in [-0.4, -0.2) is 96.7 Å². The number of phosphoric ester groups is 2. The van der Waals surface area contributed by atoms with E-state index >= 15 is 0 Å². The molecule has 0 spiro atoms. The molecule has 0 amide bonds. The van der Waals surface area contributed by atoms with Crippen molar-refractivity contribution in [1.82, 2.24) is 0 Å². The van der Waals surface area contributed by atoms with Gasteiger partial charge in [-0.25, -0.2) is 9.13 Å². The summed E-state index contributed by atoms with van der Waals surface area (Å²) in [6.07, 6.45) is 48.8. The first-order valence-electron chi connectivity index (χ1n) is 37.0. The van der Waals surface area contributed by atoms with Crippen LogP contribution in [0.25, 0.3) is 0 Å². The molecule has 0 aliphatic heterocycles. The van der Waals surface area contributed by atoms with E-state index in [1.807, 2.05) is 0 Å². The second kappa shape index (κ2) is 63.1. The minimum atomic E-state index is -4.95. The Balaban J connectivity index is 5.15. The molecule has 0 fully saturated rings. The fourth-order valence-corrected chi connectivity index (χ4v) is 12.3. The van der Waals surface area contributed by atoms with Crippen LogP contribution in [0.2, 0.25) is 0 Å². The number of ether oxygens (including phenoxy) is 4. The second-order valence-corrected chi connectivity index (χ2v) is 29.3. The Morgan fingerprint density at radius 3 is 0.844 bits per heavy atom. The molecule has 0 aromatic carbocycles. The van der Waals surface area contributed by atoms with Crippen LogP contribution in [0.1, 0.15) is 363 Å². The first-order valence-corrected chi connectivity index (χ1v) is 40.0. The molecule has 17 nitrogen and oxygen atoms in total. The third-order valence-corrected chi connectivity index (χ3v) is 18.7. The molecule has 0 saturated heterocycles. The molecule has 6 atom stereocenters. The van der Waals surface area contributed by atoms with Crippen molar-refractivity contribution in [3.8, 4) is 0 Å². The SMILES string of the molecule is CCCCCCCCCCCCCCC(=O)O[C@H](COC(=O)CCCCCCC)COP(=O)(O)OC[C@H](O)COP(=O)(O)OC[C@@H](COC(=O)CCCCCCCCCCCCC(C)CC)OC(=O)CCCCCCCCCCCCCCCCCCC(C)C. The van der Waals surface area contributed by atoms with Crippen LogP contribution in [0.15, 0.2) is 0 Å². The number of hydrogen-bond donors (Lipinski definition) is 3. The molecule has 0 radical (unpaired) electrons. The molecule has 534 valence electrons. The van der Waals surface area contributed by atoms with Crippen molar-refractivity contribution in [1.29, 1.82) is 0 Å². The lowest BCUT2D eigenvalue weighted by Gasteiger charge is -2.21. The van der Waals surface area contributed by atoms with E-state index in [0.29, 0.717) is 25.7 Å². The minimum Gasteiger partial charge on any atom is -0.462 e. The summed E-state index contributed by atoms with van der Waals surface area (Å²) < 4.78 is 68.1. The summed E-state index contributed by atoms with van der Waals surface area (Å²) >= 11 is 0. The number of phosphoric acid groups is 2. The average Bonchev–Trinajstić information content (AvgIpc) is 3.68. The van der Waals surface area contributed by atoms with Crippen LogP contribution in [0.3, 0.4) is 0 Å². The maximum atomic E-state index is 13.0. The van der Waals surface area contributed by atoms with Crippen molar-refractivity contribution in [3.05, 3.63) is 0 Å². The van der Waals surface area contributed by atoms with Crippen LogP contribution in [-0.2, 0) is 65.4 Å². The Bertz CT molecular complexity index is 1750. The molecule has 19 heteroatoms. The Morgan fingerprint density at radius 1 is 0.322 bits per heavy atom. The minimum absolute atomic E-state index is 0.106. The van der Waals surface area contributed by atoms with Gasteiger partial charge in [-0.05, 0) is 37.5 Å². The van der Waals surface area contributed by atoms with E-state index in [1.54, 1.807) is 0 Å². The van der Waals surface area contributed by atoms with Crippen molar-refractivity contribution < 1.29 is 80.2 Å². The Morgan fingerprint density at radius 2 is 0.567 bits per heavy atom. The molecule has 0 aliphatic carbocycles. The third-order valence-electron chi connectivity index (χ3n) is 16.8. The summed E-state index contributed by atoms with van der Waals surface area (Å²) in [5, 5.41) is 10.6. The largest absolute Gasteiger partial charge is 0.472 e. The van der Waals surface area contributed by atoms with Gasteiger partial charge in [0.1, 0.15) is 19.3 Å². The highest BCUT2D eigenvalue weighted by Crippen LogP contribution is 2.45. The van der Waals surface area contributed by atoms with Crippen molar-refractivity contribution in [2.75, 3.05) is 39.6 Å². The zero-order valence-electron chi connectivity index (χ0n) is 58.4. The Labute approximate surface area is 549 Å². The molecular weight excluding hydrogens is 1190 g/mol. The number of hydrogen-bond acceptors (Lipinski definition) is 15. The third kappa shape index (κ3) is 63.5. The molecule has 0 aliphatic rings. The number of carbonyl (C=O) groups is 4. The van der Waals surface area contributed by atoms with Crippen LogP contribution in [0.4, 0.5) is 0 Å². The normalized spacial score (nSPS) is 14.4. The molecule has 0 aromatic rings. The summed E-state index contributed by atoms with van der Waals surface area (Å²) in [6.45, 7) is 9.53. The molecule has 0 bridgehead atoms. The van der Waals surface area contributed by atoms with E-state index in [1.165, 1.54) is 173 Å². The van der Waals surface area contributed by atoms with Crippen LogP contribution >= 0.6 is 15.6 Å². The zero-order valence-corrected chi connectivity index (χ0v) is 60.2. The summed E-state index contributed by atoms with van der Waals surface area (Å²) in [5.74, 6) is -0.514. The van der Waals surface area contributed by atoms with Crippen molar-refractivity contribution in [2.24, 2.45) is 11.8 Å². The lowest BCUT2D eigenvalue weighted by molar-refractivity contribution is -0.161. The van der Waals surface area contributed by atoms with E-state index in [0.717, 1.165) is 108 Å². The fourth-order valence-electron chi connectivity index (χ4n) is 10.7. The van der Waals surface area contributed by atoms with Crippen LogP contribution in [0.5, 0.6) is 0 Å². The lowest BCUT2D eigenvalue weighted by Crippen LogP contribution is -2.30. The predicted molar refractivity (Wildman–Crippen MR) is 363 cm³/mol. The molecule has 3 N–H and O–H groups in total. The molecular formula is C71H138O17P2. The van der Waals surface area contributed by atoms with Gasteiger partial charge in [-0.15, -0.1) is 0 Å². The number of unbranched alkanes of at least 4 members (excludes halogenated alkanes) is 39. The fraction of sp³-hybridized carbons (Fsp3) is 0.944. The van der Waals surface area contributed by atoms with E-state index in [9.17, 15) is 43.2 Å². The Hall–Kier alpha value is -1.94. The summed E-state index contributed by atoms with van der Waals surface area (Å²) in [4.78, 5) is 72.3. The monoisotopic (exact) mass is 1320 g/mol. The van der Waals surface area contributed by atoms with Gasteiger partial charge in [0.25, 0.3) is 0 Å². The standard InChI is InChI=1S/C71H138O17P2/c1-7-10-12-14-15-16-17-25-32-37-43-49-55-70(75)87-66(59-81-68(73)53-47-39-13-11-8-2)61-85-89(77,78)83-57-65(72)58-84-90(79,80)86-62-67(60-82-69(74)54-48-42-36-31-28-27-30-35-41-46-52-64(6)9-3)88-71(76)56-50-44-38-33-26-23-21-19-18-20-22-24-29-34-40-45-51-63(4)5/h63-67,72H,7-62H2,1-6H3,(H,77,78)(H,79,80)/t64?,65-,66+,67+/m0/s1. The van der Waals surface area contributed by atoms with Gasteiger partial charge in [0.05, 0.1) is 26.4 Å². The maximum Gasteiger partial charge on any atom is 0.472 e. The van der Waals surface area contributed by atoms with Crippen molar-refractivity contribution in [2.45, 2.75) is 381 Å². The molecule has 90 heavy (non-hydrogen) atoms. The maximum absolute atomic E-state index is 13.0. The highest BCUT2D eigenvalue weighted by Gasteiger charge is 2.30. The van der Waals surface area contributed by atoms with Gasteiger partial charge in [-0.3, -0.25) is 37.3 Å². The summed E-state index contributed by atoms with van der Waals surface area (Å²) in [6, 6.07) is 0. The number of aliphatic hydroxyl groups is 1. The molecule has 0 aromatic heterocycles. The smallest absolute Gasteiger partial charge is 0.462 e. The van der Waals surface area contributed by atoms with E-state index in [2.05, 4.69) is 41.5 Å². The molecule has 0 heterocycles. The summed E-state index contributed by atoms with van der Waals surface area (Å²) in [5.41, 5.74) is 0. The molecule has 0 rings (SSSR count). The topological polar surface area (TPSA) is 237 Å². The Kier molecular flexibility index (Phi) is 61.8. The predicted octanol–water partition coefficient (Wildman–Crippen LogP) is 20.4. The first-order chi connectivity index (χ1) is 43.4. The van der Waals surface area contributed by atoms with Crippen molar-refractivity contribution in [3.63, 3.8) is 0 Å².